The number of aliphatic hydroxyl groups is 1. The molecule has 0 saturated carbocycles. The molecule has 0 bridgehead atoms. The summed E-state index contributed by atoms with van der Waals surface area (Å²) >= 11 is 0. The van der Waals surface area contributed by atoms with Crippen molar-refractivity contribution in [2.24, 2.45) is 0 Å². The summed E-state index contributed by atoms with van der Waals surface area (Å²) in [4.78, 5) is 0. The Hall–Kier alpha value is -1.75. The highest BCUT2D eigenvalue weighted by atomic mass is 19.2. The van der Waals surface area contributed by atoms with E-state index in [1.165, 1.54) is 0 Å². The molecule has 19 heavy (non-hydrogen) atoms. The van der Waals surface area contributed by atoms with Crippen LogP contribution in [0.4, 0.5) is 13.2 Å². The van der Waals surface area contributed by atoms with Gasteiger partial charge in [-0.25, -0.2) is 13.2 Å². The van der Waals surface area contributed by atoms with E-state index in [2.05, 4.69) is 0 Å². The molecule has 0 spiro atoms. The van der Waals surface area contributed by atoms with Gasteiger partial charge in [0.1, 0.15) is 17.6 Å². The molecule has 1 unspecified atom stereocenters. The number of aryl methyl sites for hydroxylation is 2. The van der Waals surface area contributed by atoms with Gasteiger partial charge < -0.3 is 9.52 Å². The van der Waals surface area contributed by atoms with Crippen molar-refractivity contribution < 1.29 is 22.7 Å². The molecule has 2 rings (SSSR count). The maximum Gasteiger partial charge on any atom is 0.194 e. The van der Waals surface area contributed by atoms with Crippen LogP contribution in [0.25, 0.3) is 0 Å². The van der Waals surface area contributed by atoms with E-state index < -0.39 is 23.6 Å². The minimum atomic E-state index is -1.59. The third-order valence-electron chi connectivity index (χ3n) is 3.25. The molecule has 0 amide bonds. The highest BCUT2D eigenvalue weighted by Crippen LogP contribution is 2.33. The minimum absolute atomic E-state index is 0.314. The van der Waals surface area contributed by atoms with Gasteiger partial charge in [-0.2, -0.15) is 0 Å². The number of rotatable bonds is 2. The normalized spacial score (nSPS) is 12.8. The van der Waals surface area contributed by atoms with Gasteiger partial charge in [-0.05, 0) is 32.4 Å². The Balaban J connectivity index is 2.56. The topological polar surface area (TPSA) is 33.4 Å². The van der Waals surface area contributed by atoms with Gasteiger partial charge in [-0.15, -0.1) is 0 Å². The second-order valence-corrected chi connectivity index (χ2v) is 4.42. The van der Waals surface area contributed by atoms with E-state index in [-0.39, 0.29) is 5.56 Å². The lowest BCUT2D eigenvalue weighted by Gasteiger charge is -2.13. The zero-order valence-corrected chi connectivity index (χ0v) is 10.7. The van der Waals surface area contributed by atoms with Crippen molar-refractivity contribution in [2.75, 3.05) is 0 Å². The summed E-state index contributed by atoms with van der Waals surface area (Å²) in [5.74, 6) is -3.25. The fourth-order valence-corrected chi connectivity index (χ4v) is 2.12. The van der Waals surface area contributed by atoms with Crippen molar-refractivity contribution >= 4 is 0 Å². The molecule has 2 aromatic rings. The first kappa shape index (κ1) is 13.7. The first-order valence-electron chi connectivity index (χ1n) is 5.72. The number of hydrogen-bond acceptors (Lipinski definition) is 2. The van der Waals surface area contributed by atoms with Crippen LogP contribution in [0.15, 0.2) is 16.5 Å². The Kier molecular flexibility index (Phi) is 3.41. The lowest BCUT2D eigenvalue weighted by Crippen LogP contribution is -2.07. The molecule has 1 atom stereocenters. The SMILES string of the molecule is Cc1oc(C)c(C(O)c2ccc(F)c(F)c2F)c1C. The zero-order chi connectivity index (χ0) is 14.3. The van der Waals surface area contributed by atoms with Crippen LogP contribution in [0.2, 0.25) is 0 Å². The van der Waals surface area contributed by atoms with E-state index in [4.69, 9.17) is 4.42 Å². The molecule has 0 radical (unpaired) electrons. The molecule has 1 heterocycles. The van der Waals surface area contributed by atoms with Gasteiger partial charge in [-0.3, -0.25) is 0 Å². The van der Waals surface area contributed by atoms with Crippen LogP contribution in [-0.4, -0.2) is 5.11 Å². The van der Waals surface area contributed by atoms with Gasteiger partial charge in [0.25, 0.3) is 0 Å². The highest BCUT2D eigenvalue weighted by Gasteiger charge is 2.25. The summed E-state index contributed by atoms with van der Waals surface area (Å²) in [6.45, 7) is 5.04. The first-order chi connectivity index (χ1) is 8.84. The molecule has 102 valence electrons. The summed E-state index contributed by atoms with van der Waals surface area (Å²) in [7, 11) is 0. The van der Waals surface area contributed by atoms with Gasteiger partial charge >= 0.3 is 0 Å². The van der Waals surface area contributed by atoms with Crippen LogP contribution in [0.3, 0.4) is 0 Å². The van der Waals surface area contributed by atoms with Crippen LogP contribution in [0.1, 0.15) is 34.3 Å². The van der Waals surface area contributed by atoms with Crippen molar-refractivity contribution in [2.45, 2.75) is 26.9 Å². The standard InChI is InChI=1S/C14H13F3O2/c1-6-7(2)19-8(3)11(6)14(18)9-4-5-10(15)13(17)12(9)16/h4-5,14,18H,1-3H3. The van der Waals surface area contributed by atoms with Crippen molar-refractivity contribution in [3.63, 3.8) is 0 Å². The fraction of sp³-hybridized carbons (Fsp3) is 0.286. The van der Waals surface area contributed by atoms with Crippen molar-refractivity contribution in [3.8, 4) is 0 Å². The molecule has 0 aliphatic rings. The predicted molar refractivity (Wildman–Crippen MR) is 63.3 cm³/mol. The molecule has 1 aromatic carbocycles. The number of halogens is 3. The van der Waals surface area contributed by atoms with E-state index >= 15 is 0 Å². The molecular formula is C14H13F3O2. The third-order valence-corrected chi connectivity index (χ3v) is 3.25. The van der Waals surface area contributed by atoms with Crippen LogP contribution < -0.4 is 0 Å². The molecule has 1 N–H and O–H groups in total. The molecule has 5 heteroatoms. The minimum Gasteiger partial charge on any atom is -0.466 e. The van der Waals surface area contributed by atoms with Gasteiger partial charge in [0, 0.05) is 11.1 Å². The van der Waals surface area contributed by atoms with Crippen LogP contribution in [0, 0.1) is 38.2 Å². The number of benzene rings is 1. The van der Waals surface area contributed by atoms with Gasteiger partial charge in [0.2, 0.25) is 0 Å². The maximum absolute atomic E-state index is 13.7. The molecule has 1 aromatic heterocycles. The summed E-state index contributed by atoms with van der Waals surface area (Å²) in [5, 5.41) is 10.2. The third kappa shape index (κ3) is 2.14. The summed E-state index contributed by atoms with van der Waals surface area (Å²) in [6, 6.07) is 1.81. The largest absolute Gasteiger partial charge is 0.466 e. The summed E-state index contributed by atoms with van der Waals surface area (Å²) < 4.78 is 45.1. The quantitative estimate of drug-likeness (QED) is 0.844. The molecule has 0 saturated heterocycles. The van der Waals surface area contributed by atoms with Gasteiger partial charge in [0.15, 0.2) is 17.5 Å². The maximum atomic E-state index is 13.7. The number of furan rings is 1. The second-order valence-electron chi connectivity index (χ2n) is 4.42. The Labute approximate surface area is 108 Å². The van der Waals surface area contributed by atoms with Gasteiger partial charge in [-0.1, -0.05) is 6.07 Å². The van der Waals surface area contributed by atoms with Crippen molar-refractivity contribution in [1.29, 1.82) is 0 Å². The molecule has 2 nitrogen and oxygen atoms in total. The van der Waals surface area contributed by atoms with E-state index in [0.717, 1.165) is 12.1 Å². The van der Waals surface area contributed by atoms with Crippen LogP contribution >= 0.6 is 0 Å². The highest BCUT2D eigenvalue weighted by molar-refractivity contribution is 5.39. The molecule has 0 aliphatic heterocycles. The molecule has 0 fully saturated rings. The Morgan fingerprint density at radius 1 is 1.00 bits per heavy atom. The number of aliphatic hydroxyl groups excluding tert-OH is 1. The molecular weight excluding hydrogens is 257 g/mol. The molecule has 0 aliphatic carbocycles. The van der Waals surface area contributed by atoms with Crippen molar-refractivity contribution in [3.05, 3.63) is 57.8 Å². The lowest BCUT2D eigenvalue weighted by atomic mass is 9.97. The Morgan fingerprint density at radius 2 is 1.63 bits per heavy atom. The average molecular weight is 270 g/mol. The monoisotopic (exact) mass is 270 g/mol. The van der Waals surface area contributed by atoms with E-state index in [0.29, 0.717) is 22.6 Å². The fourth-order valence-electron chi connectivity index (χ4n) is 2.12. The Bertz CT molecular complexity index is 632. The van der Waals surface area contributed by atoms with Crippen molar-refractivity contribution in [1.82, 2.24) is 0 Å². The van der Waals surface area contributed by atoms with E-state index in [1.807, 2.05) is 0 Å². The summed E-state index contributed by atoms with van der Waals surface area (Å²) in [5.41, 5.74) is 0.724. The Morgan fingerprint density at radius 3 is 2.16 bits per heavy atom. The second kappa shape index (κ2) is 4.74. The number of hydrogen-bond donors (Lipinski definition) is 1. The van der Waals surface area contributed by atoms with Crippen LogP contribution in [0.5, 0.6) is 0 Å². The zero-order valence-electron chi connectivity index (χ0n) is 10.7. The average Bonchev–Trinajstić information content (AvgIpc) is 2.60. The van der Waals surface area contributed by atoms with E-state index in [1.54, 1.807) is 20.8 Å². The smallest absolute Gasteiger partial charge is 0.194 e. The van der Waals surface area contributed by atoms with Gasteiger partial charge in [0.05, 0.1) is 0 Å². The van der Waals surface area contributed by atoms with E-state index in [9.17, 15) is 18.3 Å². The first-order valence-corrected chi connectivity index (χ1v) is 5.72. The van der Waals surface area contributed by atoms with Crippen LogP contribution in [-0.2, 0) is 0 Å². The predicted octanol–water partition coefficient (Wildman–Crippen LogP) is 3.70. The summed E-state index contributed by atoms with van der Waals surface area (Å²) in [6.07, 6.45) is -1.40. The lowest BCUT2D eigenvalue weighted by molar-refractivity contribution is 0.210.